The number of nitrogens with zero attached hydrogens (tertiary/aromatic N) is 2. The van der Waals surface area contributed by atoms with Gasteiger partial charge in [-0.05, 0) is 41.5 Å². The molecule has 7 heteroatoms. The Balaban J connectivity index is 1.87. The third-order valence-corrected chi connectivity index (χ3v) is 4.33. The zero-order valence-electron chi connectivity index (χ0n) is 11.4. The van der Waals surface area contributed by atoms with Gasteiger partial charge in [0.15, 0.2) is 5.82 Å². The van der Waals surface area contributed by atoms with Crippen molar-refractivity contribution in [3.63, 3.8) is 0 Å². The summed E-state index contributed by atoms with van der Waals surface area (Å²) in [6, 6.07) is 5.78. The lowest BCUT2D eigenvalue weighted by Crippen LogP contribution is -2.32. The van der Waals surface area contributed by atoms with Crippen LogP contribution in [0.15, 0.2) is 26.5 Å². The van der Waals surface area contributed by atoms with Gasteiger partial charge in [0.1, 0.15) is 5.76 Å². The maximum atomic E-state index is 11.9. The van der Waals surface area contributed by atoms with Gasteiger partial charge in [-0.2, -0.15) is 0 Å². The van der Waals surface area contributed by atoms with Gasteiger partial charge in [0.25, 0.3) is 0 Å². The highest BCUT2D eigenvalue weighted by Gasteiger charge is 2.12. The lowest BCUT2D eigenvalue weighted by molar-refractivity contribution is -0.117. The number of hydrogen-bond acceptors (Lipinski definition) is 5. The molecular weight excluding hydrogens is 342 g/mol. The summed E-state index contributed by atoms with van der Waals surface area (Å²) in [4.78, 5) is 15.2. The molecule has 2 rings (SSSR count). The predicted molar refractivity (Wildman–Crippen MR) is 82.8 cm³/mol. The van der Waals surface area contributed by atoms with E-state index in [0.29, 0.717) is 18.1 Å². The highest BCUT2D eigenvalue weighted by molar-refractivity contribution is 9.11. The van der Waals surface area contributed by atoms with Crippen LogP contribution in [0, 0.1) is 6.92 Å². The van der Waals surface area contributed by atoms with Crippen LogP contribution in [0.5, 0.6) is 0 Å². The molecule has 0 saturated heterocycles. The van der Waals surface area contributed by atoms with Gasteiger partial charge in [0, 0.05) is 17.5 Å². The second kappa shape index (κ2) is 7.01. The first-order valence-electron chi connectivity index (χ1n) is 6.26. The molecular formula is C13H16BrN3O2S. The third kappa shape index (κ3) is 4.43. The van der Waals surface area contributed by atoms with E-state index < -0.39 is 0 Å². The molecule has 20 heavy (non-hydrogen) atoms. The van der Waals surface area contributed by atoms with Gasteiger partial charge in [-0.25, -0.2) is 0 Å². The van der Waals surface area contributed by atoms with Crippen molar-refractivity contribution in [3.8, 4) is 0 Å². The minimum Gasteiger partial charge on any atom is -0.360 e. The fraction of sp³-hybridized carbons (Fsp3) is 0.385. The van der Waals surface area contributed by atoms with Crippen LogP contribution in [0.25, 0.3) is 0 Å². The van der Waals surface area contributed by atoms with Crippen molar-refractivity contribution >= 4 is 39.0 Å². The average Bonchev–Trinajstić information content (AvgIpc) is 2.97. The normalized spacial score (nSPS) is 11.0. The van der Waals surface area contributed by atoms with Crippen LogP contribution < -0.4 is 5.32 Å². The number of hydrogen-bond donors (Lipinski definition) is 1. The number of aryl methyl sites for hydroxylation is 1. The molecule has 2 heterocycles. The Hall–Kier alpha value is -1.18. The van der Waals surface area contributed by atoms with E-state index in [2.05, 4.69) is 37.4 Å². The number of carbonyl (C=O) groups excluding carboxylic acids is 1. The summed E-state index contributed by atoms with van der Waals surface area (Å²) in [6.07, 6.45) is 0. The molecule has 0 bridgehead atoms. The molecule has 108 valence electrons. The molecule has 0 fully saturated rings. The van der Waals surface area contributed by atoms with E-state index in [1.54, 1.807) is 24.3 Å². The van der Waals surface area contributed by atoms with Crippen LogP contribution in [0.1, 0.15) is 17.6 Å². The van der Waals surface area contributed by atoms with E-state index in [9.17, 15) is 4.79 Å². The quantitative estimate of drug-likeness (QED) is 0.861. The van der Waals surface area contributed by atoms with Crippen molar-refractivity contribution in [3.05, 3.63) is 32.6 Å². The monoisotopic (exact) mass is 357 g/mol. The van der Waals surface area contributed by atoms with Gasteiger partial charge in [-0.1, -0.05) is 12.1 Å². The highest BCUT2D eigenvalue weighted by Crippen LogP contribution is 2.23. The molecule has 2 aromatic rings. The number of halogens is 1. The Morgan fingerprint density at radius 3 is 2.90 bits per heavy atom. The first kappa shape index (κ1) is 15.2. The Kier molecular flexibility index (Phi) is 5.33. The summed E-state index contributed by atoms with van der Waals surface area (Å²) in [7, 11) is 0. The molecule has 0 unspecified atom stereocenters. The Morgan fingerprint density at radius 1 is 1.55 bits per heavy atom. The van der Waals surface area contributed by atoms with E-state index in [0.717, 1.165) is 16.9 Å². The minimum absolute atomic E-state index is 0.0872. The number of amides is 1. The van der Waals surface area contributed by atoms with E-state index in [4.69, 9.17) is 4.52 Å². The minimum atomic E-state index is -0.0872. The summed E-state index contributed by atoms with van der Waals surface area (Å²) in [5.41, 5.74) is 0. The van der Waals surface area contributed by atoms with Gasteiger partial charge in [-0.3, -0.25) is 9.69 Å². The number of likely N-dealkylation sites (N-methyl/N-ethyl adjacent to an activating group) is 1. The van der Waals surface area contributed by atoms with Gasteiger partial charge in [0.05, 0.1) is 10.3 Å². The molecule has 1 amide bonds. The predicted octanol–water partition coefficient (Wildman–Crippen LogP) is 3.27. The number of anilines is 1. The number of carbonyl (C=O) groups is 1. The number of nitrogens with one attached hydrogen (secondary N) is 1. The Bertz CT molecular complexity index is 582. The van der Waals surface area contributed by atoms with Crippen LogP contribution in [-0.2, 0) is 11.3 Å². The standard InChI is InChI=1S/C13H16BrN3O2S/c1-3-17(7-10-4-5-11(14)20-10)8-13(18)15-12-6-9(2)19-16-12/h4-6H,3,7-8H2,1-2H3,(H,15,16,18). The van der Waals surface area contributed by atoms with Crippen LogP contribution in [-0.4, -0.2) is 29.1 Å². The van der Waals surface area contributed by atoms with Crippen molar-refractivity contribution in [2.75, 3.05) is 18.4 Å². The fourth-order valence-corrected chi connectivity index (χ4v) is 3.27. The summed E-state index contributed by atoms with van der Waals surface area (Å²) >= 11 is 5.13. The smallest absolute Gasteiger partial charge is 0.239 e. The first-order valence-corrected chi connectivity index (χ1v) is 7.87. The largest absolute Gasteiger partial charge is 0.360 e. The molecule has 5 nitrogen and oxygen atoms in total. The molecule has 2 aromatic heterocycles. The summed E-state index contributed by atoms with van der Waals surface area (Å²) in [6.45, 7) is 5.72. The fourth-order valence-electron chi connectivity index (χ4n) is 1.75. The molecule has 0 aliphatic heterocycles. The highest BCUT2D eigenvalue weighted by atomic mass is 79.9. The van der Waals surface area contributed by atoms with Crippen molar-refractivity contribution in [2.45, 2.75) is 20.4 Å². The lowest BCUT2D eigenvalue weighted by Gasteiger charge is -2.18. The van der Waals surface area contributed by atoms with Crippen molar-refractivity contribution < 1.29 is 9.32 Å². The Morgan fingerprint density at radius 2 is 2.35 bits per heavy atom. The Labute approximate surface area is 130 Å². The maximum absolute atomic E-state index is 11.9. The van der Waals surface area contributed by atoms with Crippen LogP contribution in [0.4, 0.5) is 5.82 Å². The summed E-state index contributed by atoms with van der Waals surface area (Å²) in [5, 5.41) is 6.47. The van der Waals surface area contributed by atoms with Crippen molar-refractivity contribution in [1.82, 2.24) is 10.1 Å². The molecule has 0 radical (unpaired) electrons. The SMILES string of the molecule is CCN(CC(=O)Nc1cc(C)on1)Cc1ccc(Br)s1. The van der Waals surface area contributed by atoms with Crippen molar-refractivity contribution in [2.24, 2.45) is 0 Å². The topological polar surface area (TPSA) is 58.4 Å². The second-order valence-electron chi connectivity index (χ2n) is 4.38. The van der Waals surface area contributed by atoms with Crippen molar-refractivity contribution in [1.29, 1.82) is 0 Å². The van der Waals surface area contributed by atoms with Gasteiger partial charge in [-0.15, -0.1) is 11.3 Å². The number of aromatic nitrogens is 1. The summed E-state index contributed by atoms with van der Waals surface area (Å²) < 4.78 is 6.02. The van der Waals surface area contributed by atoms with Gasteiger partial charge >= 0.3 is 0 Å². The van der Waals surface area contributed by atoms with Gasteiger partial charge < -0.3 is 9.84 Å². The zero-order valence-corrected chi connectivity index (χ0v) is 13.8. The maximum Gasteiger partial charge on any atom is 0.239 e. The summed E-state index contributed by atoms with van der Waals surface area (Å²) in [5.74, 6) is 1.05. The van der Waals surface area contributed by atoms with Crippen LogP contribution in [0.2, 0.25) is 0 Å². The van der Waals surface area contributed by atoms with E-state index in [1.807, 2.05) is 13.0 Å². The molecule has 0 aliphatic carbocycles. The molecule has 0 spiro atoms. The molecule has 0 saturated carbocycles. The van der Waals surface area contributed by atoms with Crippen LogP contribution >= 0.6 is 27.3 Å². The van der Waals surface area contributed by atoms with E-state index in [1.165, 1.54) is 4.88 Å². The lowest BCUT2D eigenvalue weighted by atomic mass is 10.4. The van der Waals surface area contributed by atoms with E-state index in [-0.39, 0.29) is 5.91 Å². The zero-order chi connectivity index (χ0) is 14.5. The van der Waals surface area contributed by atoms with Crippen LogP contribution in [0.3, 0.4) is 0 Å². The first-order chi connectivity index (χ1) is 9.56. The number of rotatable bonds is 6. The number of thiophene rings is 1. The van der Waals surface area contributed by atoms with Gasteiger partial charge in [0.2, 0.25) is 5.91 Å². The third-order valence-electron chi connectivity index (χ3n) is 2.72. The average molecular weight is 358 g/mol. The van der Waals surface area contributed by atoms with E-state index >= 15 is 0 Å². The molecule has 0 aliphatic rings. The second-order valence-corrected chi connectivity index (χ2v) is 6.93. The molecule has 1 N–H and O–H groups in total. The molecule has 0 atom stereocenters. The molecule has 0 aromatic carbocycles.